The van der Waals surface area contributed by atoms with E-state index in [-0.39, 0.29) is 0 Å². The minimum Gasteiger partial charge on any atom is -0.456 e. The SMILES string of the molecule is CN1c2ccccc2-c2c(n(-c3ccccc3)c3ccccc23)-c2ccccc21.Cn1c2c(c3ccccc31)-c1ccccc1N(c1ccccc1)c1ccccc1-2.Cn1c2c(c3ccccc31)-c1ccccc1Oc1ccccc1-2.Cn1c2c(c3ccccc31)-c1ccccc1Sc1ccccc1-2. The third kappa shape index (κ3) is 9.96. The Kier molecular flexibility index (Phi) is 15.2. The Labute approximate surface area is 609 Å². The second-order valence-electron chi connectivity index (χ2n) is 26.8. The first kappa shape index (κ1) is 62.0. The molecular formula is C96H70N6OS. The molecule has 0 fully saturated rings. The molecule has 18 aromatic rings. The van der Waals surface area contributed by atoms with Crippen molar-refractivity contribution in [1.82, 2.24) is 18.3 Å². The van der Waals surface area contributed by atoms with Crippen molar-refractivity contribution in [2.75, 3.05) is 16.8 Å². The van der Waals surface area contributed by atoms with Crippen molar-refractivity contribution in [2.45, 2.75) is 9.79 Å². The highest BCUT2D eigenvalue weighted by atomic mass is 32.2. The fourth-order valence-electron chi connectivity index (χ4n) is 16.6. The Bertz CT molecular complexity index is 6210. The van der Waals surface area contributed by atoms with E-state index in [9.17, 15) is 0 Å². The van der Waals surface area contributed by atoms with Crippen LogP contribution in [0.4, 0.5) is 28.4 Å². The summed E-state index contributed by atoms with van der Waals surface area (Å²) in [4.78, 5) is 7.36. The van der Waals surface area contributed by atoms with Crippen LogP contribution in [0.25, 0.3) is 139 Å². The molecule has 7 nitrogen and oxygen atoms in total. The van der Waals surface area contributed by atoms with Gasteiger partial charge in [0.05, 0.1) is 45.4 Å². The minimum atomic E-state index is 0.907. The smallest absolute Gasteiger partial charge is 0.136 e. The molecule has 0 saturated heterocycles. The number of hydrogen-bond donors (Lipinski definition) is 0. The maximum Gasteiger partial charge on any atom is 0.136 e. The number of fused-ring (bicyclic) bond motifs is 28. The van der Waals surface area contributed by atoms with Gasteiger partial charge in [-0.1, -0.05) is 260 Å². The average molecular weight is 1360 g/mol. The number of anilines is 5. The Morgan fingerprint density at radius 3 is 1.12 bits per heavy atom. The second-order valence-corrected chi connectivity index (χ2v) is 27.9. The molecule has 0 unspecified atom stereocenters. The summed E-state index contributed by atoms with van der Waals surface area (Å²) in [6.07, 6.45) is 0. The van der Waals surface area contributed by atoms with Crippen LogP contribution in [0.1, 0.15) is 0 Å². The number of nitrogens with zero attached hydrogens (tertiary/aromatic N) is 6. The van der Waals surface area contributed by atoms with E-state index in [4.69, 9.17) is 4.74 Å². The number of rotatable bonds is 2. The molecule has 0 saturated carbocycles. The van der Waals surface area contributed by atoms with Gasteiger partial charge in [-0.25, -0.2) is 0 Å². The molecular weight excluding hydrogens is 1290 g/mol. The van der Waals surface area contributed by atoms with Gasteiger partial charge in [-0.3, -0.25) is 0 Å². The zero-order valence-electron chi connectivity index (χ0n) is 58.0. The summed E-state index contributed by atoms with van der Waals surface area (Å²) in [5, 5.41) is 5.17. The second kappa shape index (κ2) is 25.6. The van der Waals surface area contributed by atoms with Crippen molar-refractivity contribution in [3.8, 4) is 107 Å². The Morgan fingerprint density at radius 1 is 0.231 bits per heavy atom. The van der Waals surface area contributed by atoms with Crippen LogP contribution in [0.2, 0.25) is 0 Å². The fourth-order valence-corrected chi connectivity index (χ4v) is 17.7. The molecule has 8 heterocycles. The van der Waals surface area contributed by atoms with Gasteiger partial charge < -0.3 is 32.8 Å². The average Bonchev–Trinajstić information content (AvgIpc) is 1.74. The van der Waals surface area contributed by atoms with Crippen LogP contribution in [0.3, 0.4) is 0 Å². The van der Waals surface area contributed by atoms with E-state index >= 15 is 0 Å². The highest BCUT2D eigenvalue weighted by Crippen LogP contribution is 2.57. The molecule has 0 radical (unpaired) electrons. The van der Waals surface area contributed by atoms with Gasteiger partial charge in [0.25, 0.3) is 0 Å². The zero-order chi connectivity index (χ0) is 69.5. The molecule has 8 heteroatoms. The van der Waals surface area contributed by atoms with Crippen LogP contribution in [0.5, 0.6) is 11.5 Å². The first-order chi connectivity index (χ1) is 51.4. The normalized spacial score (nSPS) is 12.2. The predicted octanol–water partition coefficient (Wildman–Crippen LogP) is 25.9. The van der Waals surface area contributed by atoms with Crippen molar-refractivity contribution < 1.29 is 4.74 Å². The van der Waals surface area contributed by atoms with Crippen LogP contribution < -0.4 is 14.5 Å². The van der Waals surface area contributed by atoms with Crippen molar-refractivity contribution in [2.24, 2.45) is 21.1 Å². The molecule has 22 rings (SSSR count). The molecule has 14 aromatic carbocycles. The van der Waals surface area contributed by atoms with E-state index in [0.29, 0.717) is 0 Å². The number of ether oxygens (including phenoxy) is 1. The molecule has 4 aliphatic rings. The van der Waals surface area contributed by atoms with Gasteiger partial charge >= 0.3 is 0 Å². The number of para-hydroxylation sites is 12. The lowest BCUT2D eigenvalue weighted by molar-refractivity contribution is 0.487. The van der Waals surface area contributed by atoms with Crippen molar-refractivity contribution in [3.05, 3.63) is 352 Å². The molecule has 4 aliphatic heterocycles. The molecule has 104 heavy (non-hydrogen) atoms. The Morgan fingerprint density at radius 2 is 0.548 bits per heavy atom. The highest BCUT2D eigenvalue weighted by Gasteiger charge is 2.33. The van der Waals surface area contributed by atoms with E-state index in [1.165, 1.54) is 166 Å². The summed E-state index contributed by atoms with van der Waals surface area (Å²) in [5.74, 6) is 1.82. The van der Waals surface area contributed by atoms with Crippen LogP contribution >= 0.6 is 11.8 Å². The molecule has 0 bridgehead atoms. The number of aryl methyl sites for hydroxylation is 3. The predicted molar refractivity (Wildman–Crippen MR) is 436 cm³/mol. The monoisotopic (exact) mass is 1350 g/mol. The first-order valence-corrected chi connectivity index (χ1v) is 36.3. The number of aromatic nitrogens is 4. The molecule has 4 aromatic heterocycles. The number of hydrogen-bond acceptors (Lipinski definition) is 4. The maximum atomic E-state index is 6.23. The van der Waals surface area contributed by atoms with E-state index in [2.05, 4.69) is 384 Å². The van der Waals surface area contributed by atoms with Gasteiger partial charge in [0.1, 0.15) is 11.5 Å². The van der Waals surface area contributed by atoms with Crippen LogP contribution in [-0.2, 0) is 21.1 Å². The Hall–Kier alpha value is -13.0. The summed E-state index contributed by atoms with van der Waals surface area (Å²) in [6.45, 7) is 0. The summed E-state index contributed by atoms with van der Waals surface area (Å²) < 4.78 is 15.6. The van der Waals surface area contributed by atoms with E-state index in [1.807, 2.05) is 36.0 Å². The van der Waals surface area contributed by atoms with Gasteiger partial charge in [-0.2, -0.15) is 0 Å². The third-order valence-electron chi connectivity index (χ3n) is 21.1. The summed E-state index contributed by atoms with van der Waals surface area (Å²) in [7, 11) is 8.65. The van der Waals surface area contributed by atoms with Gasteiger partial charge in [0.2, 0.25) is 0 Å². The van der Waals surface area contributed by atoms with Gasteiger partial charge in [0.15, 0.2) is 0 Å². The van der Waals surface area contributed by atoms with Gasteiger partial charge in [0, 0.05) is 154 Å². The minimum absolute atomic E-state index is 0.907. The molecule has 0 N–H and O–H groups in total. The zero-order valence-corrected chi connectivity index (χ0v) is 58.8. The fraction of sp³-hybridized carbons (Fsp3) is 0.0417. The quantitative estimate of drug-likeness (QED) is 0.173. The maximum absolute atomic E-state index is 6.23. The molecule has 496 valence electrons. The largest absolute Gasteiger partial charge is 0.456 e. The first-order valence-electron chi connectivity index (χ1n) is 35.5. The lowest BCUT2D eigenvalue weighted by atomic mass is 9.98. The van der Waals surface area contributed by atoms with Gasteiger partial charge in [-0.15, -0.1) is 0 Å². The summed E-state index contributed by atoms with van der Waals surface area (Å²) in [6, 6.07) is 125. The highest BCUT2D eigenvalue weighted by molar-refractivity contribution is 7.99. The van der Waals surface area contributed by atoms with Crippen molar-refractivity contribution >= 4 is 83.8 Å². The van der Waals surface area contributed by atoms with Crippen LogP contribution in [0, 0.1) is 0 Å². The van der Waals surface area contributed by atoms with Crippen LogP contribution in [0.15, 0.2) is 362 Å². The van der Waals surface area contributed by atoms with Crippen molar-refractivity contribution in [3.63, 3.8) is 0 Å². The Balaban J connectivity index is 0.0000000960. The van der Waals surface area contributed by atoms with E-state index < -0.39 is 0 Å². The van der Waals surface area contributed by atoms with E-state index in [1.54, 1.807) is 0 Å². The molecule has 0 aliphatic carbocycles. The molecule has 0 spiro atoms. The number of benzene rings is 14. The molecule has 0 amide bonds. The topological polar surface area (TPSA) is 35.4 Å². The van der Waals surface area contributed by atoms with Crippen LogP contribution in [-0.4, -0.2) is 25.3 Å². The standard InChI is InChI=1S/2C27H20N2.C21H15NO.C21H15NS/c1-28-23-16-8-5-13-20(23)26-21-14-6-10-18-25(21)29(19-11-3-2-4-12-19)27(26)22-15-7-9-17-24(22)28;1-28-23-16-8-5-13-20(23)26-21-14-6-9-17-24(21)29(19-11-3-2-4-12-19)25-18-10-7-15-22(25)27(26)28;2*1-22-17-11-5-2-8-14(17)20-15-9-3-6-12-18(15)23-19-13-7-4-10-16(19)21(20)22/h2*2-18H,1H3;2*2-13H,1H3. The lowest BCUT2D eigenvalue weighted by Gasteiger charge is -2.27. The molecule has 0 atom stereocenters. The summed E-state index contributed by atoms with van der Waals surface area (Å²) >= 11 is 1.87. The summed E-state index contributed by atoms with van der Waals surface area (Å²) in [5.41, 5.74) is 32.5. The third-order valence-corrected chi connectivity index (χ3v) is 22.3. The lowest BCUT2D eigenvalue weighted by Crippen LogP contribution is -2.10. The van der Waals surface area contributed by atoms with Gasteiger partial charge in [-0.05, 0) is 109 Å². The van der Waals surface area contributed by atoms with Crippen molar-refractivity contribution in [1.29, 1.82) is 0 Å². The van der Waals surface area contributed by atoms with E-state index in [0.717, 1.165) is 22.6 Å².